The lowest BCUT2D eigenvalue weighted by atomic mass is 9.99. The number of nitrogens with zero attached hydrogens (tertiary/aromatic N) is 4. The maximum absolute atomic E-state index is 12.7. The van der Waals surface area contributed by atoms with Gasteiger partial charge in [-0.05, 0) is 43.2 Å². The van der Waals surface area contributed by atoms with Gasteiger partial charge < -0.3 is 0 Å². The molecule has 4 heterocycles. The quantitative estimate of drug-likeness (QED) is 0.596. The van der Waals surface area contributed by atoms with E-state index in [2.05, 4.69) is 25.3 Å². The lowest BCUT2D eigenvalue weighted by molar-refractivity contribution is 0.102. The average Bonchev–Trinajstić information content (AvgIpc) is 3.06. The number of carbonyl (C=O) groups excluding carboxylic acids is 1. The molecule has 0 aliphatic carbocycles. The highest BCUT2D eigenvalue weighted by atomic mass is 32.1. The van der Waals surface area contributed by atoms with Crippen molar-refractivity contribution < 1.29 is 4.79 Å². The van der Waals surface area contributed by atoms with Crippen molar-refractivity contribution in [3.05, 3.63) is 65.3 Å². The van der Waals surface area contributed by atoms with E-state index in [4.69, 9.17) is 0 Å². The molecule has 0 aromatic carbocycles. The fourth-order valence-electron chi connectivity index (χ4n) is 2.74. The Labute approximate surface area is 154 Å². The second-order valence-corrected chi connectivity index (χ2v) is 6.74. The smallest absolute Gasteiger partial charge is 0.276 e. The van der Waals surface area contributed by atoms with Gasteiger partial charge in [0, 0.05) is 34.9 Å². The van der Waals surface area contributed by atoms with Crippen LogP contribution in [0.3, 0.4) is 0 Å². The molecule has 4 rings (SSSR count). The highest BCUT2D eigenvalue weighted by molar-refractivity contribution is 7.13. The average molecular weight is 361 g/mol. The van der Waals surface area contributed by atoms with Crippen molar-refractivity contribution in [1.29, 1.82) is 0 Å². The van der Waals surface area contributed by atoms with Crippen LogP contribution < -0.4 is 5.32 Å². The topological polar surface area (TPSA) is 80.7 Å². The zero-order valence-electron chi connectivity index (χ0n) is 14.2. The molecular formula is C19H15N5OS. The monoisotopic (exact) mass is 361 g/mol. The van der Waals surface area contributed by atoms with E-state index < -0.39 is 0 Å². The first-order chi connectivity index (χ1) is 12.6. The Hall–Kier alpha value is -3.19. The summed E-state index contributed by atoms with van der Waals surface area (Å²) in [6, 6.07) is 5.64. The van der Waals surface area contributed by atoms with Crippen LogP contribution in [0.25, 0.3) is 22.0 Å². The lowest BCUT2D eigenvalue weighted by Crippen LogP contribution is -2.14. The number of anilines is 1. The van der Waals surface area contributed by atoms with E-state index in [0.29, 0.717) is 16.3 Å². The normalized spacial score (nSPS) is 10.8. The maximum Gasteiger partial charge on any atom is 0.276 e. The zero-order valence-corrected chi connectivity index (χ0v) is 15.0. The molecule has 0 saturated carbocycles. The van der Waals surface area contributed by atoms with Crippen LogP contribution in [0.2, 0.25) is 0 Å². The molecule has 0 aliphatic heterocycles. The first kappa shape index (κ1) is 16.3. The Balaban J connectivity index is 1.84. The highest BCUT2D eigenvalue weighted by Gasteiger charge is 2.15. The van der Waals surface area contributed by atoms with Crippen LogP contribution in [0.15, 0.2) is 48.4 Å². The number of aromatic nitrogens is 4. The Morgan fingerprint density at radius 2 is 1.85 bits per heavy atom. The fraction of sp³-hybridized carbons (Fsp3) is 0.105. The van der Waals surface area contributed by atoms with Crippen molar-refractivity contribution in [2.24, 2.45) is 0 Å². The third-order valence-corrected chi connectivity index (χ3v) is 4.89. The van der Waals surface area contributed by atoms with E-state index in [1.165, 1.54) is 11.3 Å². The molecule has 128 valence electrons. The molecule has 0 saturated heterocycles. The van der Waals surface area contributed by atoms with Crippen LogP contribution in [-0.2, 0) is 0 Å². The number of hydrogen-bond acceptors (Lipinski definition) is 6. The summed E-state index contributed by atoms with van der Waals surface area (Å²) in [5.41, 5.74) is 4.79. The molecule has 0 radical (unpaired) electrons. The van der Waals surface area contributed by atoms with E-state index >= 15 is 0 Å². The van der Waals surface area contributed by atoms with Gasteiger partial charge in [0.05, 0.1) is 17.4 Å². The summed E-state index contributed by atoms with van der Waals surface area (Å²) < 4.78 is 0. The van der Waals surface area contributed by atoms with Crippen molar-refractivity contribution in [3.8, 4) is 11.1 Å². The molecule has 0 fully saturated rings. The molecule has 0 atom stereocenters. The number of thiazole rings is 1. The molecule has 7 heteroatoms. The van der Waals surface area contributed by atoms with E-state index in [9.17, 15) is 4.79 Å². The van der Waals surface area contributed by atoms with Gasteiger partial charge in [0.25, 0.3) is 5.91 Å². The first-order valence-electron chi connectivity index (χ1n) is 8.01. The number of pyridine rings is 3. The summed E-state index contributed by atoms with van der Waals surface area (Å²) >= 11 is 1.39. The Bertz CT molecular complexity index is 1120. The van der Waals surface area contributed by atoms with E-state index in [-0.39, 0.29) is 5.91 Å². The summed E-state index contributed by atoms with van der Waals surface area (Å²) in [5, 5.41) is 6.18. The van der Waals surface area contributed by atoms with Gasteiger partial charge in [-0.1, -0.05) is 0 Å². The highest BCUT2D eigenvalue weighted by Crippen LogP contribution is 2.30. The Kier molecular flexibility index (Phi) is 4.14. The second-order valence-electron chi connectivity index (χ2n) is 5.89. The molecule has 26 heavy (non-hydrogen) atoms. The number of nitrogens with one attached hydrogen (secondary N) is 1. The van der Waals surface area contributed by atoms with Gasteiger partial charge in [-0.25, -0.2) is 9.97 Å². The van der Waals surface area contributed by atoms with Gasteiger partial charge in [-0.15, -0.1) is 11.3 Å². The minimum absolute atomic E-state index is 0.298. The van der Waals surface area contributed by atoms with Gasteiger partial charge in [-0.3, -0.25) is 20.1 Å². The third kappa shape index (κ3) is 3.04. The summed E-state index contributed by atoms with van der Waals surface area (Å²) in [6.45, 7) is 3.90. The predicted octanol–water partition coefficient (Wildman–Crippen LogP) is 4.02. The summed E-state index contributed by atoms with van der Waals surface area (Å²) in [6.07, 6.45) is 6.94. The van der Waals surface area contributed by atoms with E-state index in [1.807, 2.05) is 31.4 Å². The van der Waals surface area contributed by atoms with Gasteiger partial charge in [0.1, 0.15) is 5.69 Å². The number of fused-ring (bicyclic) bond motifs is 1. The third-order valence-electron chi connectivity index (χ3n) is 4.01. The molecule has 0 bridgehead atoms. The summed E-state index contributed by atoms with van der Waals surface area (Å²) in [4.78, 5) is 29.8. The lowest BCUT2D eigenvalue weighted by Gasteiger charge is -2.11. The van der Waals surface area contributed by atoms with E-state index in [1.54, 1.807) is 30.9 Å². The van der Waals surface area contributed by atoms with Gasteiger partial charge >= 0.3 is 0 Å². The van der Waals surface area contributed by atoms with Crippen LogP contribution in [0.5, 0.6) is 0 Å². The Morgan fingerprint density at radius 3 is 2.62 bits per heavy atom. The number of hydrogen-bond donors (Lipinski definition) is 1. The van der Waals surface area contributed by atoms with Crippen LogP contribution in [-0.4, -0.2) is 25.8 Å². The van der Waals surface area contributed by atoms with Gasteiger partial charge in [-0.2, -0.15) is 0 Å². The molecule has 1 N–H and O–H groups in total. The molecule has 0 unspecified atom stereocenters. The van der Waals surface area contributed by atoms with Gasteiger partial charge in [0.2, 0.25) is 0 Å². The number of amides is 1. The molecular weight excluding hydrogens is 346 g/mol. The first-order valence-corrected chi connectivity index (χ1v) is 8.89. The molecule has 0 spiro atoms. The fourth-order valence-corrected chi connectivity index (χ4v) is 3.42. The zero-order chi connectivity index (χ0) is 18.1. The second kappa shape index (κ2) is 6.61. The van der Waals surface area contributed by atoms with Crippen molar-refractivity contribution in [2.45, 2.75) is 13.8 Å². The molecule has 0 aliphatic rings. The van der Waals surface area contributed by atoms with Crippen LogP contribution in [0, 0.1) is 13.8 Å². The Morgan fingerprint density at radius 1 is 1.04 bits per heavy atom. The van der Waals surface area contributed by atoms with Gasteiger partial charge in [0.15, 0.2) is 5.13 Å². The van der Waals surface area contributed by atoms with Crippen molar-refractivity contribution >= 4 is 33.3 Å². The molecule has 1 amide bonds. The molecule has 6 nitrogen and oxygen atoms in total. The maximum atomic E-state index is 12.7. The largest absolute Gasteiger partial charge is 0.296 e. The summed E-state index contributed by atoms with van der Waals surface area (Å²) in [5.74, 6) is -0.298. The minimum Gasteiger partial charge on any atom is -0.296 e. The SMILES string of the molecule is Cc1csc(NC(=O)c2cc(-c3cnccc3C)c3ccncc3n2)n1. The molecule has 4 aromatic rings. The predicted molar refractivity (Wildman–Crippen MR) is 102 cm³/mol. The number of carbonyl (C=O) groups is 1. The van der Waals surface area contributed by atoms with Crippen LogP contribution >= 0.6 is 11.3 Å². The standard InChI is InChI=1S/C19H15N5OS/c1-11-3-5-20-8-15(11)14-7-16(23-17-9-21-6-4-13(14)17)18(25)24-19-22-12(2)10-26-19/h3-10H,1-2H3,(H,22,24,25). The van der Waals surface area contributed by atoms with Crippen molar-refractivity contribution in [3.63, 3.8) is 0 Å². The number of rotatable bonds is 3. The van der Waals surface area contributed by atoms with Crippen LogP contribution in [0.4, 0.5) is 5.13 Å². The van der Waals surface area contributed by atoms with Crippen molar-refractivity contribution in [2.75, 3.05) is 5.32 Å². The number of aryl methyl sites for hydroxylation is 2. The van der Waals surface area contributed by atoms with Crippen molar-refractivity contribution in [1.82, 2.24) is 19.9 Å². The van der Waals surface area contributed by atoms with E-state index in [0.717, 1.165) is 27.8 Å². The van der Waals surface area contributed by atoms with Crippen LogP contribution in [0.1, 0.15) is 21.7 Å². The summed E-state index contributed by atoms with van der Waals surface area (Å²) in [7, 11) is 0. The molecule has 4 aromatic heterocycles. The minimum atomic E-state index is -0.298.